The number of likely N-dealkylation sites (N-methyl/N-ethyl adjacent to an activating group) is 1. The van der Waals surface area contributed by atoms with Gasteiger partial charge < -0.3 is 25.4 Å². The molecule has 3 aromatic rings. The molecule has 0 unspecified atom stereocenters. The van der Waals surface area contributed by atoms with Crippen molar-refractivity contribution in [2.75, 3.05) is 37.4 Å². The molecule has 3 aromatic carbocycles. The number of sulfonamides is 1. The number of amides is 3. The number of ether oxygens (including phenoxy) is 1. The topological polar surface area (TPSA) is 128 Å². The number of hydrogen-bond acceptors (Lipinski definition) is 6. The van der Waals surface area contributed by atoms with Crippen molar-refractivity contribution in [2.24, 2.45) is 5.92 Å². The minimum absolute atomic E-state index is 0.0241. The summed E-state index contributed by atoms with van der Waals surface area (Å²) in [7, 11) is -2.66. The standard InChI is InChI=1S/C29H32F2N4O6S/c1-18-15-35(19(2)17-36)28(37)24-5-4-6-25(33-29(38)32-22-11-7-20(30)8-12-22)27(24)41-26(18)16-34(3)42(39,40)23-13-9-21(31)10-14-23/h4-14,18-19,26,36H,15-17H2,1-3H3,(H2,32,33,38)/t18-,19-,26-/m0/s1. The Morgan fingerprint density at radius 3 is 2.31 bits per heavy atom. The van der Waals surface area contributed by atoms with E-state index in [0.717, 1.165) is 16.4 Å². The van der Waals surface area contributed by atoms with Crippen molar-refractivity contribution in [3.05, 3.63) is 83.9 Å². The van der Waals surface area contributed by atoms with Crippen LogP contribution >= 0.6 is 0 Å². The highest BCUT2D eigenvalue weighted by molar-refractivity contribution is 7.89. The first-order chi connectivity index (χ1) is 19.9. The van der Waals surface area contributed by atoms with Crippen LogP contribution in [-0.2, 0) is 10.0 Å². The Labute approximate surface area is 242 Å². The Kier molecular flexibility index (Phi) is 9.44. The summed E-state index contributed by atoms with van der Waals surface area (Å²) in [5.41, 5.74) is 0.572. The van der Waals surface area contributed by atoms with Crippen LogP contribution in [0.2, 0.25) is 0 Å². The van der Waals surface area contributed by atoms with Gasteiger partial charge in [-0.05, 0) is 67.6 Å². The summed E-state index contributed by atoms with van der Waals surface area (Å²) in [6.45, 7) is 3.17. The Morgan fingerprint density at radius 1 is 1.07 bits per heavy atom. The van der Waals surface area contributed by atoms with Crippen molar-refractivity contribution >= 4 is 33.3 Å². The van der Waals surface area contributed by atoms with Crippen LogP contribution in [0.15, 0.2) is 71.6 Å². The van der Waals surface area contributed by atoms with Gasteiger partial charge in [0.05, 0.1) is 35.3 Å². The van der Waals surface area contributed by atoms with E-state index in [0.29, 0.717) is 5.69 Å². The molecule has 1 aliphatic rings. The number of carbonyl (C=O) groups is 2. The summed E-state index contributed by atoms with van der Waals surface area (Å²) in [5, 5.41) is 15.1. The van der Waals surface area contributed by atoms with Crippen LogP contribution in [-0.4, -0.2) is 73.6 Å². The second-order valence-corrected chi connectivity index (χ2v) is 12.2. The molecule has 13 heteroatoms. The molecule has 0 aromatic heterocycles. The van der Waals surface area contributed by atoms with Gasteiger partial charge in [0.2, 0.25) is 10.0 Å². The van der Waals surface area contributed by atoms with E-state index >= 15 is 0 Å². The summed E-state index contributed by atoms with van der Waals surface area (Å²) < 4.78 is 60.6. The monoisotopic (exact) mass is 602 g/mol. The maximum atomic E-state index is 13.6. The quantitative estimate of drug-likeness (QED) is 0.356. The van der Waals surface area contributed by atoms with Gasteiger partial charge in [0.25, 0.3) is 5.91 Å². The number of hydrogen-bond donors (Lipinski definition) is 3. The zero-order chi connectivity index (χ0) is 30.6. The lowest BCUT2D eigenvalue weighted by atomic mass is 9.99. The number of nitrogens with one attached hydrogen (secondary N) is 2. The van der Waals surface area contributed by atoms with Gasteiger partial charge in [-0.1, -0.05) is 13.0 Å². The van der Waals surface area contributed by atoms with E-state index in [1.807, 2.05) is 0 Å². The van der Waals surface area contributed by atoms with E-state index in [1.54, 1.807) is 19.9 Å². The molecular weight excluding hydrogens is 570 g/mol. The fourth-order valence-electron chi connectivity index (χ4n) is 4.52. The number of fused-ring (bicyclic) bond motifs is 1. The lowest BCUT2D eigenvalue weighted by Crippen LogP contribution is -2.50. The zero-order valence-electron chi connectivity index (χ0n) is 23.3. The number of rotatable bonds is 8. The van der Waals surface area contributed by atoms with Crippen LogP contribution in [0.1, 0.15) is 24.2 Å². The fourth-order valence-corrected chi connectivity index (χ4v) is 5.70. The molecule has 42 heavy (non-hydrogen) atoms. The summed E-state index contributed by atoms with van der Waals surface area (Å²) in [5.74, 6) is -1.88. The average molecular weight is 603 g/mol. The van der Waals surface area contributed by atoms with Gasteiger partial charge in [-0.25, -0.2) is 22.0 Å². The molecule has 0 radical (unpaired) electrons. The first kappa shape index (κ1) is 30.9. The van der Waals surface area contributed by atoms with Crippen LogP contribution in [0.25, 0.3) is 0 Å². The van der Waals surface area contributed by atoms with Crippen LogP contribution < -0.4 is 15.4 Å². The summed E-state index contributed by atoms with van der Waals surface area (Å²) in [6, 6.07) is 12.9. The van der Waals surface area contributed by atoms with Crippen molar-refractivity contribution in [1.82, 2.24) is 9.21 Å². The van der Waals surface area contributed by atoms with Gasteiger partial charge in [0.1, 0.15) is 17.7 Å². The number of halogens is 2. The Morgan fingerprint density at radius 2 is 1.69 bits per heavy atom. The minimum Gasteiger partial charge on any atom is -0.486 e. The molecular formula is C29H32F2N4O6S. The summed E-state index contributed by atoms with van der Waals surface area (Å²) in [6.07, 6.45) is -0.812. The van der Waals surface area contributed by atoms with E-state index in [-0.39, 0.29) is 41.6 Å². The van der Waals surface area contributed by atoms with Crippen LogP contribution in [0.3, 0.4) is 0 Å². The Balaban J connectivity index is 1.68. The molecule has 0 spiro atoms. The highest BCUT2D eigenvalue weighted by atomic mass is 32.2. The smallest absolute Gasteiger partial charge is 0.323 e. The molecule has 0 saturated heterocycles. The highest BCUT2D eigenvalue weighted by Gasteiger charge is 2.36. The Hall–Kier alpha value is -4.07. The minimum atomic E-state index is -4.03. The maximum absolute atomic E-state index is 13.6. The van der Waals surface area contributed by atoms with Crippen LogP contribution in [0.4, 0.5) is 25.0 Å². The molecule has 1 heterocycles. The molecule has 0 bridgehead atoms. The third-order valence-corrected chi connectivity index (χ3v) is 8.84. The molecule has 10 nitrogen and oxygen atoms in total. The normalized spacial score (nSPS) is 18.0. The molecule has 3 atom stereocenters. The summed E-state index contributed by atoms with van der Waals surface area (Å²) in [4.78, 5) is 27.8. The van der Waals surface area contributed by atoms with Crippen molar-refractivity contribution in [3.63, 3.8) is 0 Å². The lowest BCUT2D eigenvalue weighted by Gasteiger charge is -2.38. The molecule has 4 rings (SSSR count). The molecule has 0 saturated carbocycles. The third-order valence-electron chi connectivity index (χ3n) is 7.00. The second-order valence-electron chi connectivity index (χ2n) is 10.1. The highest BCUT2D eigenvalue weighted by Crippen LogP contribution is 2.35. The molecule has 1 aliphatic heterocycles. The largest absolute Gasteiger partial charge is 0.486 e. The van der Waals surface area contributed by atoms with Gasteiger partial charge in [-0.15, -0.1) is 0 Å². The molecule has 0 aliphatic carbocycles. The predicted molar refractivity (Wildman–Crippen MR) is 153 cm³/mol. The number of aliphatic hydroxyl groups excluding tert-OH is 1. The van der Waals surface area contributed by atoms with Crippen LogP contribution in [0.5, 0.6) is 5.75 Å². The second kappa shape index (κ2) is 12.8. The van der Waals surface area contributed by atoms with E-state index in [9.17, 15) is 31.9 Å². The van der Waals surface area contributed by atoms with Crippen LogP contribution in [0, 0.1) is 17.6 Å². The first-order valence-corrected chi connectivity index (χ1v) is 14.6. The van der Waals surface area contributed by atoms with Crippen molar-refractivity contribution < 1.29 is 36.6 Å². The maximum Gasteiger partial charge on any atom is 0.323 e. The molecule has 3 N–H and O–H groups in total. The summed E-state index contributed by atoms with van der Waals surface area (Å²) >= 11 is 0. The number of anilines is 2. The number of nitrogens with zero attached hydrogens (tertiary/aromatic N) is 2. The first-order valence-electron chi connectivity index (χ1n) is 13.2. The fraction of sp³-hybridized carbons (Fsp3) is 0.310. The van der Waals surface area contributed by atoms with Gasteiger partial charge >= 0.3 is 6.03 Å². The van der Waals surface area contributed by atoms with Gasteiger partial charge in [0, 0.05) is 25.2 Å². The third kappa shape index (κ3) is 6.86. The van der Waals surface area contributed by atoms with E-state index in [1.165, 1.54) is 60.5 Å². The number of aliphatic hydroxyl groups is 1. The van der Waals surface area contributed by atoms with Gasteiger partial charge in [-0.3, -0.25) is 4.79 Å². The van der Waals surface area contributed by atoms with E-state index in [4.69, 9.17) is 4.74 Å². The van der Waals surface area contributed by atoms with E-state index < -0.39 is 51.7 Å². The molecule has 3 amide bonds. The van der Waals surface area contributed by atoms with Gasteiger partial charge in [0.15, 0.2) is 5.75 Å². The molecule has 224 valence electrons. The van der Waals surface area contributed by atoms with Crippen molar-refractivity contribution in [2.45, 2.75) is 30.9 Å². The zero-order valence-corrected chi connectivity index (χ0v) is 24.1. The average Bonchev–Trinajstić information content (AvgIpc) is 2.96. The van der Waals surface area contributed by atoms with E-state index in [2.05, 4.69) is 10.6 Å². The number of carbonyl (C=O) groups excluding carboxylic acids is 2. The van der Waals surface area contributed by atoms with Crippen molar-refractivity contribution in [1.29, 1.82) is 0 Å². The lowest BCUT2D eigenvalue weighted by molar-refractivity contribution is 0.0389. The number of benzene rings is 3. The van der Waals surface area contributed by atoms with Gasteiger partial charge in [-0.2, -0.15) is 4.31 Å². The molecule has 0 fully saturated rings. The van der Waals surface area contributed by atoms with Crippen molar-refractivity contribution in [3.8, 4) is 5.75 Å². The predicted octanol–water partition coefficient (Wildman–Crippen LogP) is 4.15. The SMILES string of the molecule is C[C@H]1CN([C@@H](C)CO)C(=O)c2cccc(NC(=O)Nc3ccc(F)cc3)c2O[C@H]1CN(C)S(=O)(=O)c1ccc(F)cc1. The number of urea groups is 1. The Bertz CT molecular complexity index is 1540. The number of para-hydroxylation sites is 1.